The van der Waals surface area contributed by atoms with E-state index in [-0.39, 0.29) is 35.7 Å². The molecule has 1 aliphatic rings. The first-order valence-corrected chi connectivity index (χ1v) is 12.6. The molecule has 0 unspecified atom stereocenters. The van der Waals surface area contributed by atoms with Gasteiger partial charge in [0.25, 0.3) is 0 Å². The smallest absolute Gasteiger partial charge is 0.245 e. The Labute approximate surface area is 202 Å². The van der Waals surface area contributed by atoms with Crippen molar-refractivity contribution in [2.24, 2.45) is 5.73 Å². The minimum Gasteiger partial charge on any atom is -0.382 e. The third kappa shape index (κ3) is 6.19. The lowest BCUT2D eigenvalue weighted by Crippen LogP contribution is -2.45. The molecule has 2 aromatic rings. The van der Waals surface area contributed by atoms with Crippen LogP contribution in [0.3, 0.4) is 0 Å². The summed E-state index contributed by atoms with van der Waals surface area (Å²) in [5.74, 6) is -2.81. The molecule has 11 heteroatoms. The minimum atomic E-state index is -4.08. The summed E-state index contributed by atoms with van der Waals surface area (Å²) in [4.78, 5) is 26.6. The van der Waals surface area contributed by atoms with Crippen LogP contribution in [0.1, 0.15) is 28.8 Å². The minimum absolute atomic E-state index is 0.0138. The number of nitrogens with two attached hydrogens (primary N) is 1. The van der Waals surface area contributed by atoms with Gasteiger partial charge in [-0.25, -0.2) is 12.8 Å². The molecular weight excluding hydrogens is 487 g/mol. The number of benzene rings is 2. The van der Waals surface area contributed by atoms with E-state index in [1.165, 1.54) is 4.90 Å². The molecule has 0 aliphatic carbocycles. The van der Waals surface area contributed by atoms with Crippen LogP contribution in [-0.4, -0.2) is 58.8 Å². The maximum atomic E-state index is 14.9. The van der Waals surface area contributed by atoms with Crippen molar-refractivity contribution in [3.63, 3.8) is 0 Å². The number of ether oxygens (including phenoxy) is 2. The lowest BCUT2D eigenvalue weighted by molar-refractivity contribution is -0.119. The number of rotatable bonds is 10. The molecule has 0 saturated carbocycles. The number of methoxy groups -OCH3 is 1. The molecule has 2 aromatic carbocycles. The third-order valence-electron chi connectivity index (χ3n) is 5.34. The molecule has 1 heterocycles. The average molecular weight is 513 g/mol. The highest BCUT2D eigenvalue weighted by Gasteiger charge is 2.37. The molecule has 8 nitrogen and oxygen atoms in total. The first kappa shape index (κ1) is 26.2. The van der Waals surface area contributed by atoms with Gasteiger partial charge in [-0.3, -0.25) is 9.59 Å². The SMILES string of the molecule is COCCOCCCC(=O)c1cc2c(cc1F)S(=O)(=O)C[C@H](N)C(=O)N2Cc1ccc(Cl)cc1. The van der Waals surface area contributed by atoms with Gasteiger partial charge in [0, 0.05) is 25.2 Å². The highest BCUT2D eigenvalue weighted by molar-refractivity contribution is 7.91. The van der Waals surface area contributed by atoms with E-state index < -0.39 is 39.1 Å². The summed E-state index contributed by atoms with van der Waals surface area (Å²) in [6, 6.07) is 7.21. The summed E-state index contributed by atoms with van der Waals surface area (Å²) < 4.78 is 50.8. The van der Waals surface area contributed by atoms with Gasteiger partial charge in [-0.05, 0) is 36.2 Å². The fourth-order valence-electron chi connectivity index (χ4n) is 3.58. The van der Waals surface area contributed by atoms with Crippen LogP contribution in [0.15, 0.2) is 41.3 Å². The number of hydrogen-bond acceptors (Lipinski definition) is 7. The van der Waals surface area contributed by atoms with Crippen molar-refractivity contribution < 1.29 is 31.9 Å². The predicted octanol–water partition coefficient (Wildman–Crippen LogP) is 2.75. The Morgan fingerprint density at radius 3 is 2.59 bits per heavy atom. The second kappa shape index (κ2) is 11.4. The Balaban J connectivity index is 1.95. The topological polar surface area (TPSA) is 116 Å². The van der Waals surface area contributed by atoms with Crippen molar-refractivity contribution in [1.29, 1.82) is 0 Å². The quantitative estimate of drug-likeness (QED) is 0.384. The Morgan fingerprint density at radius 1 is 1.21 bits per heavy atom. The number of anilines is 1. The molecule has 184 valence electrons. The monoisotopic (exact) mass is 512 g/mol. The lowest BCUT2D eigenvalue weighted by atomic mass is 10.0. The van der Waals surface area contributed by atoms with E-state index in [9.17, 15) is 22.4 Å². The molecule has 1 aliphatic heterocycles. The zero-order valence-corrected chi connectivity index (χ0v) is 20.2. The van der Waals surface area contributed by atoms with E-state index in [1.54, 1.807) is 31.4 Å². The fourth-order valence-corrected chi connectivity index (χ4v) is 5.27. The van der Waals surface area contributed by atoms with Gasteiger partial charge in [-0.15, -0.1) is 0 Å². The molecule has 1 atom stereocenters. The Morgan fingerprint density at radius 2 is 1.91 bits per heavy atom. The second-order valence-corrected chi connectivity index (χ2v) is 10.3. The molecule has 0 aromatic heterocycles. The molecule has 0 radical (unpaired) electrons. The number of ketones is 1. The normalized spacial score (nSPS) is 17.4. The van der Waals surface area contributed by atoms with Crippen molar-refractivity contribution in [1.82, 2.24) is 0 Å². The van der Waals surface area contributed by atoms with Crippen LogP contribution < -0.4 is 10.6 Å². The molecule has 34 heavy (non-hydrogen) atoms. The van der Waals surface area contributed by atoms with Gasteiger partial charge in [0.15, 0.2) is 15.6 Å². The van der Waals surface area contributed by atoms with Crippen LogP contribution in [0.25, 0.3) is 0 Å². The van der Waals surface area contributed by atoms with E-state index >= 15 is 0 Å². The molecule has 3 rings (SSSR count). The van der Waals surface area contributed by atoms with E-state index in [1.807, 2.05) is 0 Å². The number of fused-ring (bicyclic) bond motifs is 1. The van der Waals surface area contributed by atoms with Crippen molar-refractivity contribution >= 4 is 38.8 Å². The number of nitrogens with zero attached hydrogens (tertiary/aromatic N) is 1. The summed E-state index contributed by atoms with van der Waals surface area (Å²) in [7, 11) is -2.54. The summed E-state index contributed by atoms with van der Waals surface area (Å²) >= 11 is 5.93. The summed E-state index contributed by atoms with van der Waals surface area (Å²) in [6.07, 6.45) is 0.329. The highest BCUT2D eigenvalue weighted by atomic mass is 35.5. The molecule has 1 amide bonds. The number of amides is 1. The molecule has 0 spiro atoms. The van der Waals surface area contributed by atoms with Crippen molar-refractivity contribution in [3.05, 3.63) is 58.4 Å². The van der Waals surface area contributed by atoms with Gasteiger partial charge in [-0.2, -0.15) is 0 Å². The Bertz CT molecular complexity index is 1160. The number of carbonyl (C=O) groups excluding carboxylic acids is 2. The van der Waals surface area contributed by atoms with Gasteiger partial charge < -0.3 is 20.1 Å². The summed E-state index contributed by atoms with van der Waals surface area (Å²) in [6.45, 7) is 1.05. The maximum Gasteiger partial charge on any atom is 0.245 e. The van der Waals surface area contributed by atoms with Crippen LogP contribution in [0.4, 0.5) is 10.1 Å². The molecule has 0 bridgehead atoms. The van der Waals surface area contributed by atoms with Crippen LogP contribution in [0.2, 0.25) is 5.02 Å². The van der Waals surface area contributed by atoms with Crippen LogP contribution in [0, 0.1) is 5.82 Å². The van der Waals surface area contributed by atoms with E-state index in [4.69, 9.17) is 26.8 Å². The zero-order valence-electron chi connectivity index (χ0n) is 18.6. The van der Waals surface area contributed by atoms with Gasteiger partial charge in [-0.1, -0.05) is 23.7 Å². The van der Waals surface area contributed by atoms with Crippen molar-refractivity contribution in [2.45, 2.75) is 30.3 Å². The van der Waals surface area contributed by atoms with Gasteiger partial charge in [0.1, 0.15) is 5.82 Å². The first-order valence-electron chi connectivity index (χ1n) is 10.6. The van der Waals surface area contributed by atoms with Gasteiger partial charge in [0.2, 0.25) is 5.91 Å². The molecular formula is C23H26ClFN2O6S. The van der Waals surface area contributed by atoms with Gasteiger partial charge in [0.05, 0.1) is 47.7 Å². The van der Waals surface area contributed by atoms with Gasteiger partial charge >= 0.3 is 0 Å². The van der Waals surface area contributed by atoms with E-state index in [0.29, 0.717) is 30.2 Å². The second-order valence-electron chi connectivity index (χ2n) is 7.87. The van der Waals surface area contributed by atoms with Crippen molar-refractivity contribution in [3.8, 4) is 0 Å². The molecule has 2 N–H and O–H groups in total. The zero-order chi connectivity index (χ0) is 24.9. The summed E-state index contributed by atoms with van der Waals surface area (Å²) in [5, 5.41) is 0.492. The lowest BCUT2D eigenvalue weighted by Gasteiger charge is -2.25. The highest BCUT2D eigenvalue weighted by Crippen LogP contribution is 2.34. The fraction of sp³-hybridized carbons (Fsp3) is 0.391. The van der Waals surface area contributed by atoms with Crippen LogP contribution in [0.5, 0.6) is 0 Å². The largest absolute Gasteiger partial charge is 0.382 e. The third-order valence-corrected chi connectivity index (χ3v) is 7.38. The predicted molar refractivity (Wildman–Crippen MR) is 125 cm³/mol. The number of halogens is 2. The van der Waals surface area contributed by atoms with Crippen LogP contribution in [-0.2, 0) is 30.7 Å². The maximum absolute atomic E-state index is 14.9. The van der Waals surface area contributed by atoms with E-state index in [2.05, 4.69) is 0 Å². The number of hydrogen-bond donors (Lipinski definition) is 1. The Kier molecular flexibility index (Phi) is 8.78. The van der Waals surface area contributed by atoms with Crippen molar-refractivity contribution in [2.75, 3.05) is 37.6 Å². The van der Waals surface area contributed by atoms with Crippen LogP contribution >= 0.6 is 11.6 Å². The standard InChI is InChI=1S/C23H26ClFN2O6S/c1-32-9-10-33-8-2-3-21(28)17-11-20-22(12-18(17)25)34(30,31)14-19(26)23(29)27(20)13-15-4-6-16(24)7-5-15/h4-7,11-12,19H,2-3,8-10,13-14,26H2,1H3/t19-/m0/s1. The first-order chi connectivity index (χ1) is 16.1. The number of Topliss-reactive ketones (excluding diaryl/α,β-unsaturated/α-hetero) is 1. The summed E-state index contributed by atoms with van der Waals surface area (Å²) in [5.41, 5.74) is 6.16. The number of sulfone groups is 1. The molecule has 0 fully saturated rings. The molecule has 0 saturated heterocycles. The average Bonchev–Trinajstić information content (AvgIpc) is 2.85. The van der Waals surface area contributed by atoms with E-state index in [0.717, 1.165) is 12.1 Å². The number of carbonyl (C=O) groups is 2. The Hall–Kier alpha value is -2.37.